The molecule has 0 amide bonds. The monoisotopic (exact) mass is 283 g/mol. The quantitative estimate of drug-likeness (QED) is 0.803. The van der Waals surface area contributed by atoms with Gasteiger partial charge in [0, 0.05) is 31.1 Å². The Morgan fingerprint density at radius 2 is 2.06 bits per heavy atom. The Hall–Kier alpha value is -1.45. The molecule has 3 nitrogen and oxygen atoms in total. The maximum Gasteiger partial charge on any atom is 0.201 e. The van der Waals surface area contributed by atoms with E-state index >= 15 is 0 Å². The highest BCUT2D eigenvalue weighted by Gasteiger charge is 2.08. The van der Waals surface area contributed by atoms with Crippen LogP contribution in [-0.4, -0.2) is 17.0 Å². The first-order valence-electron chi connectivity index (χ1n) is 5.29. The Balaban J connectivity index is 1.99. The number of carbonyl (C=O) groups is 1. The Labute approximate surface area is 115 Å². The Morgan fingerprint density at radius 3 is 2.67 bits per heavy atom. The molecular formula is C13H11Cl2NO2. The van der Waals surface area contributed by atoms with Crippen molar-refractivity contribution in [2.75, 3.05) is 6.61 Å². The van der Waals surface area contributed by atoms with E-state index in [0.29, 0.717) is 21.4 Å². The number of ether oxygens (including phenoxy) is 1. The molecule has 0 atom stereocenters. The molecule has 0 unspecified atom stereocenters. The van der Waals surface area contributed by atoms with Gasteiger partial charge in [-0.25, -0.2) is 0 Å². The number of halogens is 2. The van der Waals surface area contributed by atoms with Gasteiger partial charge >= 0.3 is 0 Å². The molecule has 2 rings (SSSR count). The summed E-state index contributed by atoms with van der Waals surface area (Å²) in [4.78, 5) is 11.8. The lowest BCUT2D eigenvalue weighted by molar-refractivity contribution is 0.0921. The number of hydrogen-bond acceptors (Lipinski definition) is 2. The molecule has 0 saturated heterocycles. The molecule has 0 aliphatic rings. The molecule has 0 aliphatic heterocycles. The summed E-state index contributed by atoms with van der Waals surface area (Å²) >= 11 is 11.6. The van der Waals surface area contributed by atoms with Gasteiger partial charge < -0.3 is 9.30 Å². The molecule has 5 heteroatoms. The zero-order valence-electron chi connectivity index (χ0n) is 9.69. The summed E-state index contributed by atoms with van der Waals surface area (Å²) < 4.78 is 7.18. The van der Waals surface area contributed by atoms with Gasteiger partial charge in [0.2, 0.25) is 5.78 Å². The smallest absolute Gasteiger partial charge is 0.201 e. The van der Waals surface area contributed by atoms with Crippen LogP contribution in [0, 0.1) is 0 Å². The zero-order chi connectivity index (χ0) is 13.1. The van der Waals surface area contributed by atoms with Crippen LogP contribution in [0.3, 0.4) is 0 Å². The number of nitrogens with zero attached hydrogens (tertiary/aromatic N) is 1. The average molecular weight is 284 g/mol. The lowest BCUT2D eigenvalue weighted by Crippen LogP contribution is -2.10. The first kappa shape index (κ1) is 13.0. The lowest BCUT2D eigenvalue weighted by atomic mass is 10.2. The van der Waals surface area contributed by atoms with Gasteiger partial charge in [-0.05, 0) is 18.2 Å². The van der Waals surface area contributed by atoms with Crippen molar-refractivity contribution in [3.8, 4) is 5.75 Å². The molecule has 0 saturated carbocycles. The van der Waals surface area contributed by atoms with Crippen LogP contribution in [0.25, 0.3) is 0 Å². The van der Waals surface area contributed by atoms with Crippen LogP contribution >= 0.6 is 23.2 Å². The maximum absolute atomic E-state index is 11.8. The van der Waals surface area contributed by atoms with Crippen molar-refractivity contribution >= 4 is 29.0 Å². The van der Waals surface area contributed by atoms with Gasteiger partial charge in [-0.2, -0.15) is 0 Å². The number of rotatable bonds is 4. The van der Waals surface area contributed by atoms with Crippen LogP contribution in [0.1, 0.15) is 10.4 Å². The summed E-state index contributed by atoms with van der Waals surface area (Å²) in [6.07, 6.45) is 3.56. The minimum absolute atomic E-state index is 0.0258. The van der Waals surface area contributed by atoms with E-state index in [-0.39, 0.29) is 12.4 Å². The van der Waals surface area contributed by atoms with E-state index in [0.717, 1.165) is 0 Å². The number of hydrogen-bond donors (Lipinski definition) is 0. The van der Waals surface area contributed by atoms with E-state index < -0.39 is 0 Å². The van der Waals surface area contributed by atoms with Gasteiger partial charge in [-0.1, -0.05) is 23.2 Å². The average Bonchev–Trinajstić information content (AvgIpc) is 2.77. The molecule has 0 radical (unpaired) electrons. The number of carbonyl (C=O) groups excluding carboxylic acids is 1. The highest BCUT2D eigenvalue weighted by Crippen LogP contribution is 2.26. The van der Waals surface area contributed by atoms with Crippen molar-refractivity contribution in [1.82, 2.24) is 4.57 Å². The molecule has 0 bridgehead atoms. The molecule has 0 fully saturated rings. The van der Waals surface area contributed by atoms with Crippen LogP contribution in [0.2, 0.25) is 10.0 Å². The topological polar surface area (TPSA) is 31.2 Å². The largest absolute Gasteiger partial charge is 0.485 e. The lowest BCUT2D eigenvalue weighted by Gasteiger charge is -2.05. The zero-order valence-corrected chi connectivity index (χ0v) is 11.2. The van der Waals surface area contributed by atoms with E-state index in [2.05, 4.69) is 0 Å². The molecule has 0 spiro atoms. The van der Waals surface area contributed by atoms with Gasteiger partial charge in [-0.3, -0.25) is 4.79 Å². The number of Topliss-reactive ketones (excluding diaryl/α,β-unsaturated/α-hetero) is 1. The van der Waals surface area contributed by atoms with Gasteiger partial charge in [0.25, 0.3) is 0 Å². The van der Waals surface area contributed by atoms with E-state index in [1.165, 1.54) is 0 Å². The molecule has 0 aliphatic carbocycles. The van der Waals surface area contributed by atoms with Crippen molar-refractivity contribution in [1.29, 1.82) is 0 Å². The molecule has 1 aromatic carbocycles. The fourth-order valence-corrected chi connectivity index (χ4v) is 1.76. The minimum atomic E-state index is -0.0818. The minimum Gasteiger partial charge on any atom is -0.485 e. The standard InChI is InChI=1S/C13H11Cl2NO2/c1-16-5-4-9(7-16)13(17)8-18-10-2-3-11(14)12(15)6-10/h2-7H,8H2,1H3. The summed E-state index contributed by atoms with van der Waals surface area (Å²) in [6.45, 7) is -0.0258. The third-order valence-corrected chi connectivity index (χ3v) is 3.15. The summed E-state index contributed by atoms with van der Waals surface area (Å²) in [6, 6.07) is 6.64. The number of ketones is 1. The predicted molar refractivity (Wildman–Crippen MR) is 71.7 cm³/mol. The third-order valence-electron chi connectivity index (χ3n) is 2.41. The maximum atomic E-state index is 11.8. The van der Waals surface area contributed by atoms with E-state index in [1.807, 2.05) is 17.8 Å². The molecule has 1 heterocycles. The van der Waals surface area contributed by atoms with Crippen molar-refractivity contribution in [2.24, 2.45) is 7.05 Å². The third kappa shape index (κ3) is 3.06. The summed E-state index contributed by atoms with van der Waals surface area (Å²) in [5, 5.41) is 0.861. The Morgan fingerprint density at radius 1 is 1.28 bits per heavy atom. The molecular weight excluding hydrogens is 273 g/mol. The summed E-state index contributed by atoms with van der Waals surface area (Å²) in [5.74, 6) is 0.440. The second-order valence-electron chi connectivity index (χ2n) is 3.85. The molecule has 2 aromatic rings. The van der Waals surface area contributed by atoms with Gasteiger partial charge in [0.15, 0.2) is 6.61 Å². The molecule has 18 heavy (non-hydrogen) atoms. The van der Waals surface area contributed by atoms with Crippen molar-refractivity contribution in [3.63, 3.8) is 0 Å². The number of benzene rings is 1. The van der Waals surface area contributed by atoms with Crippen LogP contribution in [0.5, 0.6) is 5.75 Å². The van der Waals surface area contributed by atoms with Crippen LogP contribution in [0.15, 0.2) is 36.7 Å². The highest BCUT2D eigenvalue weighted by atomic mass is 35.5. The molecule has 94 valence electrons. The first-order valence-corrected chi connectivity index (χ1v) is 6.05. The summed E-state index contributed by atoms with van der Waals surface area (Å²) in [7, 11) is 1.86. The first-order chi connectivity index (χ1) is 8.56. The summed E-state index contributed by atoms with van der Waals surface area (Å²) in [5.41, 5.74) is 0.623. The van der Waals surface area contributed by atoms with Crippen LogP contribution in [0.4, 0.5) is 0 Å². The van der Waals surface area contributed by atoms with Gasteiger partial charge in [-0.15, -0.1) is 0 Å². The van der Waals surface area contributed by atoms with Crippen molar-refractivity contribution in [3.05, 3.63) is 52.3 Å². The molecule has 1 aromatic heterocycles. The fourth-order valence-electron chi connectivity index (χ4n) is 1.47. The van der Waals surface area contributed by atoms with Gasteiger partial charge in [0.1, 0.15) is 5.75 Å². The second kappa shape index (κ2) is 5.46. The molecule has 0 N–H and O–H groups in total. The Bertz CT molecular complexity index is 578. The van der Waals surface area contributed by atoms with Crippen LogP contribution < -0.4 is 4.74 Å². The SMILES string of the molecule is Cn1ccc(C(=O)COc2ccc(Cl)c(Cl)c2)c1. The van der Waals surface area contributed by atoms with E-state index in [1.54, 1.807) is 30.5 Å². The Kier molecular flexibility index (Phi) is 3.94. The van der Waals surface area contributed by atoms with Crippen LogP contribution in [-0.2, 0) is 7.05 Å². The second-order valence-corrected chi connectivity index (χ2v) is 4.67. The van der Waals surface area contributed by atoms with E-state index in [9.17, 15) is 4.79 Å². The highest BCUT2D eigenvalue weighted by molar-refractivity contribution is 6.42. The van der Waals surface area contributed by atoms with Crippen molar-refractivity contribution in [2.45, 2.75) is 0 Å². The van der Waals surface area contributed by atoms with E-state index in [4.69, 9.17) is 27.9 Å². The predicted octanol–water partition coefficient (Wildman–Crippen LogP) is 3.59. The number of aromatic nitrogens is 1. The van der Waals surface area contributed by atoms with Crippen molar-refractivity contribution < 1.29 is 9.53 Å². The number of aryl methyl sites for hydroxylation is 1. The normalized spacial score (nSPS) is 10.4. The fraction of sp³-hybridized carbons (Fsp3) is 0.154. The van der Waals surface area contributed by atoms with Gasteiger partial charge in [0.05, 0.1) is 10.0 Å².